The Hall–Kier alpha value is -1.32. The Bertz CT molecular complexity index is 445. The third-order valence-electron chi connectivity index (χ3n) is 4.20. The van der Waals surface area contributed by atoms with Crippen molar-refractivity contribution in [2.45, 2.75) is 56.5 Å². The predicted molar refractivity (Wildman–Crippen MR) is 71.5 cm³/mol. The van der Waals surface area contributed by atoms with Gasteiger partial charge >= 0.3 is 6.18 Å². The molecule has 0 atom stereocenters. The van der Waals surface area contributed by atoms with E-state index >= 15 is 0 Å². The van der Waals surface area contributed by atoms with Crippen molar-refractivity contribution in [3.63, 3.8) is 0 Å². The number of benzene rings is 1. The molecule has 110 valence electrons. The molecule has 0 heterocycles. The summed E-state index contributed by atoms with van der Waals surface area (Å²) < 4.78 is 37.1. The lowest BCUT2D eigenvalue weighted by atomic mass is 9.66. The van der Waals surface area contributed by atoms with Gasteiger partial charge in [-0.1, -0.05) is 49.6 Å². The van der Waals surface area contributed by atoms with E-state index in [9.17, 15) is 18.0 Å². The van der Waals surface area contributed by atoms with Gasteiger partial charge in [-0.05, 0) is 18.4 Å². The normalized spacial score (nSPS) is 18.8. The highest BCUT2D eigenvalue weighted by Gasteiger charge is 2.41. The van der Waals surface area contributed by atoms with Crippen LogP contribution in [0.15, 0.2) is 30.3 Å². The van der Waals surface area contributed by atoms with Crippen LogP contribution in [0.2, 0.25) is 0 Å². The van der Waals surface area contributed by atoms with Crippen molar-refractivity contribution in [2.75, 3.05) is 0 Å². The van der Waals surface area contributed by atoms with E-state index in [0.29, 0.717) is 12.8 Å². The summed E-state index contributed by atoms with van der Waals surface area (Å²) in [5, 5.41) is 0. The maximum Gasteiger partial charge on any atom is 0.389 e. The zero-order chi connectivity index (χ0) is 14.6. The van der Waals surface area contributed by atoms with Gasteiger partial charge < -0.3 is 0 Å². The molecule has 0 spiro atoms. The molecule has 1 aliphatic rings. The first kappa shape index (κ1) is 15.1. The zero-order valence-corrected chi connectivity index (χ0v) is 11.4. The molecule has 1 aromatic rings. The number of carbonyl (C=O) groups is 1. The van der Waals surface area contributed by atoms with Gasteiger partial charge in [0.1, 0.15) is 5.78 Å². The van der Waals surface area contributed by atoms with E-state index in [0.717, 1.165) is 24.8 Å². The summed E-state index contributed by atoms with van der Waals surface area (Å²) in [5.41, 5.74) is 0.192. The minimum atomic E-state index is -4.26. The van der Waals surface area contributed by atoms with Crippen molar-refractivity contribution in [1.29, 1.82) is 0 Å². The Kier molecular flexibility index (Phi) is 4.51. The highest BCUT2D eigenvalue weighted by molar-refractivity contribution is 5.90. The topological polar surface area (TPSA) is 17.1 Å². The monoisotopic (exact) mass is 284 g/mol. The molecular weight excluding hydrogens is 265 g/mol. The fourth-order valence-corrected chi connectivity index (χ4v) is 3.14. The Balaban J connectivity index is 2.21. The molecule has 0 N–H and O–H groups in total. The van der Waals surface area contributed by atoms with E-state index < -0.39 is 24.4 Å². The van der Waals surface area contributed by atoms with Crippen molar-refractivity contribution >= 4 is 5.78 Å². The number of rotatable bonds is 4. The second-order valence-electron chi connectivity index (χ2n) is 5.55. The van der Waals surface area contributed by atoms with Crippen LogP contribution >= 0.6 is 0 Å². The lowest BCUT2D eigenvalue weighted by Gasteiger charge is -2.36. The van der Waals surface area contributed by atoms with Crippen LogP contribution < -0.4 is 0 Å². The number of carbonyl (C=O) groups excluding carboxylic acids is 1. The van der Waals surface area contributed by atoms with Crippen molar-refractivity contribution in [2.24, 2.45) is 0 Å². The molecular formula is C16H19F3O. The van der Waals surface area contributed by atoms with E-state index in [1.165, 1.54) is 0 Å². The van der Waals surface area contributed by atoms with Gasteiger partial charge in [0, 0.05) is 6.42 Å². The fraction of sp³-hybridized carbons (Fsp3) is 0.562. The summed E-state index contributed by atoms with van der Waals surface area (Å²) in [6, 6.07) is 9.30. The van der Waals surface area contributed by atoms with Gasteiger partial charge in [-0.2, -0.15) is 13.2 Å². The average molecular weight is 284 g/mol. The minimum absolute atomic E-state index is 0.249. The molecule has 0 bridgehead atoms. The van der Waals surface area contributed by atoms with Crippen molar-refractivity contribution < 1.29 is 18.0 Å². The molecule has 1 aliphatic carbocycles. The number of alkyl halides is 3. The Morgan fingerprint density at radius 1 is 1.05 bits per heavy atom. The van der Waals surface area contributed by atoms with Gasteiger partial charge in [0.15, 0.2) is 0 Å². The maximum absolute atomic E-state index is 12.5. The molecule has 1 fully saturated rings. The summed E-state index contributed by atoms with van der Waals surface area (Å²) in [7, 11) is 0. The third-order valence-corrected chi connectivity index (χ3v) is 4.20. The summed E-state index contributed by atoms with van der Waals surface area (Å²) in [4.78, 5) is 12.5. The van der Waals surface area contributed by atoms with Crippen molar-refractivity contribution in [1.82, 2.24) is 0 Å². The molecule has 0 aliphatic heterocycles. The molecule has 0 aromatic heterocycles. The molecule has 1 aromatic carbocycles. The average Bonchev–Trinajstić information content (AvgIpc) is 2.45. The van der Waals surface area contributed by atoms with Crippen LogP contribution in [-0.2, 0) is 10.2 Å². The number of halogens is 3. The Labute approximate surface area is 117 Å². The first-order valence-electron chi connectivity index (χ1n) is 7.10. The van der Waals surface area contributed by atoms with Crippen LogP contribution in [0.5, 0.6) is 0 Å². The lowest BCUT2D eigenvalue weighted by Crippen LogP contribution is -2.38. The Morgan fingerprint density at radius 2 is 1.65 bits per heavy atom. The highest BCUT2D eigenvalue weighted by atomic mass is 19.4. The Morgan fingerprint density at radius 3 is 2.20 bits per heavy atom. The summed E-state index contributed by atoms with van der Waals surface area (Å²) in [5.74, 6) is -0.249. The van der Waals surface area contributed by atoms with Gasteiger partial charge in [-0.25, -0.2) is 0 Å². The number of Topliss-reactive ketones (excluding diaryl/α,β-unsaturated/α-hetero) is 1. The van der Waals surface area contributed by atoms with E-state index in [1.54, 1.807) is 0 Å². The van der Waals surface area contributed by atoms with Crippen LogP contribution in [0.3, 0.4) is 0 Å². The van der Waals surface area contributed by atoms with Gasteiger partial charge in [0.25, 0.3) is 0 Å². The maximum atomic E-state index is 12.5. The van der Waals surface area contributed by atoms with Crippen LogP contribution in [0.4, 0.5) is 13.2 Å². The summed E-state index contributed by atoms with van der Waals surface area (Å²) in [6.45, 7) is 0. The van der Waals surface area contributed by atoms with Gasteiger partial charge in [-0.15, -0.1) is 0 Å². The number of ketones is 1. The quantitative estimate of drug-likeness (QED) is 0.776. The summed E-state index contributed by atoms with van der Waals surface area (Å²) >= 11 is 0. The van der Waals surface area contributed by atoms with Gasteiger partial charge in [0.05, 0.1) is 11.8 Å². The zero-order valence-electron chi connectivity index (χ0n) is 11.4. The SMILES string of the molecule is O=C(CCC(F)(F)F)C1(c2ccccc2)CCCCC1. The molecule has 20 heavy (non-hydrogen) atoms. The molecule has 2 rings (SSSR count). The van der Waals surface area contributed by atoms with E-state index in [-0.39, 0.29) is 5.78 Å². The van der Waals surface area contributed by atoms with E-state index in [2.05, 4.69) is 0 Å². The van der Waals surface area contributed by atoms with Crippen LogP contribution in [0.1, 0.15) is 50.5 Å². The largest absolute Gasteiger partial charge is 0.389 e. The highest BCUT2D eigenvalue weighted by Crippen LogP contribution is 2.41. The first-order valence-corrected chi connectivity index (χ1v) is 7.10. The molecule has 0 radical (unpaired) electrons. The van der Waals surface area contributed by atoms with Crippen LogP contribution in [0, 0.1) is 0 Å². The smallest absolute Gasteiger partial charge is 0.299 e. The van der Waals surface area contributed by atoms with Gasteiger partial charge in [-0.3, -0.25) is 4.79 Å². The van der Waals surface area contributed by atoms with Crippen molar-refractivity contribution in [3.8, 4) is 0 Å². The fourth-order valence-electron chi connectivity index (χ4n) is 3.14. The molecule has 0 saturated heterocycles. The van der Waals surface area contributed by atoms with E-state index in [4.69, 9.17) is 0 Å². The summed E-state index contributed by atoms with van der Waals surface area (Å²) in [6.07, 6.45) is -1.46. The number of hydrogen-bond acceptors (Lipinski definition) is 1. The molecule has 0 unspecified atom stereocenters. The molecule has 1 nitrogen and oxygen atoms in total. The van der Waals surface area contributed by atoms with E-state index in [1.807, 2.05) is 30.3 Å². The minimum Gasteiger partial charge on any atom is -0.299 e. The van der Waals surface area contributed by atoms with Crippen molar-refractivity contribution in [3.05, 3.63) is 35.9 Å². The van der Waals surface area contributed by atoms with Crippen LogP contribution in [-0.4, -0.2) is 12.0 Å². The lowest BCUT2D eigenvalue weighted by molar-refractivity contribution is -0.146. The number of hydrogen-bond donors (Lipinski definition) is 0. The molecule has 0 amide bonds. The predicted octanol–water partition coefficient (Wildman–Crippen LogP) is 4.80. The second-order valence-corrected chi connectivity index (χ2v) is 5.55. The standard InChI is InChI=1S/C16H19F3O/c17-16(18,19)12-9-14(20)15(10-5-2-6-11-15)13-7-3-1-4-8-13/h1,3-4,7-8H,2,5-6,9-12H2. The first-order chi connectivity index (χ1) is 9.44. The van der Waals surface area contributed by atoms with Crippen LogP contribution in [0.25, 0.3) is 0 Å². The molecule has 4 heteroatoms. The third kappa shape index (κ3) is 3.41. The molecule has 1 saturated carbocycles. The van der Waals surface area contributed by atoms with Gasteiger partial charge in [0.2, 0.25) is 0 Å². The second kappa shape index (κ2) is 5.98.